The molecule has 1 amide bonds. The molecule has 0 saturated heterocycles. The van der Waals surface area contributed by atoms with Crippen LogP contribution in [-0.4, -0.2) is 26.9 Å². The minimum Gasteiger partial charge on any atom is -0.348 e. The second kappa shape index (κ2) is 8.99. The minimum atomic E-state index is -3.58. The minimum absolute atomic E-state index is 0. The number of halogens is 1. The highest BCUT2D eigenvalue weighted by molar-refractivity contribution is 7.93. The first-order chi connectivity index (χ1) is 12.0. The molecule has 0 radical (unpaired) electrons. The molecule has 5 nitrogen and oxygen atoms in total. The molecular weight excluding hydrogens is 392 g/mol. The molecule has 1 saturated carbocycles. The third kappa shape index (κ3) is 4.46. The van der Waals surface area contributed by atoms with Crippen LogP contribution in [0, 0.1) is 5.92 Å². The Kier molecular flexibility index (Phi) is 7.23. The Morgan fingerprint density at radius 1 is 1.12 bits per heavy atom. The summed E-state index contributed by atoms with van der Waals surface area (Å²) in [5.41, 5.74) is 5.81. The van der Waals surface area contributed by atoms with Gasteiger partial charge in [0, 0.05) is 6.04 Å². The number of carbonyl (C=O) groups excluding carboxylic acids is 1. The molecule has 0 spiro atoms. The fourth-order valence-electron chi connectivity index (χ4n) is 3.22. The predicted molar refractivity (Wildman–Crippen MR) is 106 cm³/mol. The van der Waals surface area contributed by atoms with Gasteiger partial charge in [0.15, 0.2) is 0 Å². The second-order valence-corrected chi connectivity index (χ2v) is 9.56. The second-order valence-electron chi connectivity index (χ2n) is 6.30. The van der Waals surface area contributed by atoms with Crippen molar-refractivity contribution >= 4 is 39.5 Å². The normalized spacial score (nSPS) is 20.2. The first kappa shape index (κ1) is 20.9. The molecule has 1 aliphatic carbocycles. The van der Waals surface area contributed by atoms with Crippen molar-refractivity contribution in [3.63, 3.8) is 0 Å². The SMILES string of the molecule is Cl.NCC1CCCCC1NC(=O)c1ccc(S(=O)(=O)c2ccccc2)s1. The molecule has 3 N–H and O–H groups in total. The largest absolute Gasteiger partial charge is 0.348 e. The molecule has 2 aromatic rings. The first-order valence-corrected chi connectivity index (χ1v) is 10.7. The van der Waals surface area contributed by atoms with Gasteiger partial charge in [-0.25, -0.2) is 8.42 Å². The zero-order valence-electron chi connectivity index (χ0n) is 14.3. The van der Waals surface area contributed by atoms with Crippen molar-refractivity contribution < 1.29 is 13.2 Å². The fourth-order valence-corrected chi connectivity index (χ4v) is 5.85. The van der Waals surface area contributed by atoms with E-state index in [0.29, 0.717) is 17.3 Å². The Morgan fingerprint density at radius 3 is 2.50 bits per heavy atom. The molecule has 2 atom stereocenters. The number of benzene rings is 1. The van der Waals surface area contributed by atoms with Gasteiger partial charge in [-0.05, 0) is 49.6 Å². The average Bonchev–Trinajstić information content (AvgIpc) is 3.14. The van der Waals surface area contributed by atoms with Crippen molar-refractivity contribution in [1.29, 1.82) is 0 Å². The average molecular weight is 415 g/mol. The quantitative estimate of drug-likeness (QED) is 0.785. The maximum atomic E-state index is 12.6. The molecule has 142 valence electrons. The van der Waals surface area contributed by atoms with E-state index in [0.717, 1.165) is 37.0 Å². The van der Waals surface area contributed by atoms with Gasteiger partial charge in [0.05, 0.1) is 9.77 Å². The summed E-state index contributed by atoms with van der Waals surface area (Å²) in [5, 5.41) is 3.04. The van der Waals surface area contributed by atoms with Crippen molar-refractivity contribution in [3.05, 3.63) is 47.3 Å². The molecule has 0 aliphatic heterocycles. The summed E-state index contributed by atoms with van der Waals surface area (Å²) in [5.74, 6) is 0.0787. The number of sulfone groups is 1. The third-order valence-corrected chi connectivity index (χ3v) is 8.00. The third-order valence-electron chi connectivity index (χ3n) is 4.65. The molecule has 1 heterocycles. The molecule has 1 aromatic carbocycles. The lowest BCUT2D eigenvalue weighted by Gasteiger charge is -2.31. The van der Waals surface area contributed by atoms with Gasteiger partial charge in [0.1, 0.15) is 4.21 Å². The number of hydrogen-bond donors (Lipinski definition) is 2. The van der Waals surface area contributed by atoms with E-state index in [9.17, 15) is 13.2 Å². The zero-order valence-corrected chi connectivity index (χ0v) is 16.7. The molecule has 1 aromatic heterocycles. The highest BCUT2D eigenvalue weighted by Crippen LogP contribution is 2.29. The van der Waals surface area contributed by atoms with Crippen LogP contribution in [0.5, 0.6) is 0 Å². The van der Waals surface area contributed by atoms with Crippen molar-refractivity contribution in [2.24, 2.45) is 11.7 Å². The van der Waals surface area contributed by atoms with Gasteiger partial charge in [-0.1, -0.05) is 31.0 Å². The van der Waals surface area contributed by atoms with E-state index in [2.05, 4.69) is 5.32 Å². The summed E-state index contributed by atoms with van der Waals surface area (Å²) in [6.45, 7) is 0.559. The fraction of sp³-hybridized carbons (Fsp3) is 0.389. The molecule has 3 rings (SSSR count). The summed E-state index contributed by atoms with van der Waals surface area (Å²) >= 11 is 1.01. The Bertz CT molecular complexity index is 837. The summed E-state index contributed by atoms with van der Waals surface area (Å²) < 4.78 is 25.4. The Labute approximate surface area is 164 Å². The van der Waals surface area contributed by atoms with E-state index in [4.69, 9.17) is 5.73 Å². The van der Waals surface area contributed by atoms with E-state index >= 15 is 0 Å². The first-order valence-electron chi connectivity index (χ1n) is 8.43. The molecule has 1 aliphatic rings. The number of nitrogens with one attached hydrogen (secondary N) is 1. The van der Waals surface area contributed by atoms with Crippen molar-refractivity contribution in [2.75, 3.05) is 6.54 Å². The number of amides is 1. The smallest absolute Gasteiger partial charge is 0.261 e. The van der Waals surface area contributed by atoms with Crippen LogP contribution in [-0.2, 0) is 9.84 Å². The van der Waals surface area contributed by atoms with Crippen LogP contribution in [0.3, 0.4) is 0 Å². The maximum Gasteiger partial charge on any atom is 0.261 e. The van der Waals surface area contributed by atoms with Crippen LogP contribution in [0.25, 0.3) is 0 Å². The summed E-state index contributed by atoms with van der Waals surface area (Å²) in [4.78, 5) is 13.2. The number of nitrogens with two attached hydrogens (primary N) is 1. The van der Waals surface area contributed by atoms with Crippen LogP contribution < -0.4 is 11.1 Å². The van der Waals surface area contributed by atoms with Crippen LogP contribution in [0.1, 0.15) is 35.4 Å². The maximum absolute atomic E-state index is 12.6. The molecule has 1 fully saturated rings. The summed E-state index contributed by atoms with van der Waals surface area (Å²) in [7, 11) is -3.58. The zero-order chi connectivity index (χ0) is 17.9. The molecular formula is C18H23ClN2O3S2. The molecule has 8 heteroatoms. The van der Waals surface area contributed by atoms with Crippen molar-refractivity contribution in [1.82, 2.24) is 5.32 Å². The predicted octanol–water partition coefficient (Wildman–Crippen LogP) is 3.25. The summed E-state index contributed by atoms with van der Waals surface area (Å²) in [6, 6.07) is 11.4. The van der Waals surface area contributed by atoms with Gasteiger partial charge < -0.3 is 11.1 Å². The number of hydrogen-bond acceptors (Lipinski definition) is 5. The van der Waals surface area contributed by atoms with Gasteiger partial charge in [-0.15, -0.1) is 23.7 Å². The molecule has 2 unspecified atom stereocenters. The van der Waals surface area contributed by atoms with Crippen LogP contribution in [0.2, 0.25) is 0 Å². The molecule has 0 bridgehead atoms. The standard InChI is InChI=1S/C18H22N2O3S2.ClH/c19-12-13-6-4-5-9-15(13)20-18(21)16-10-11-17(24-16)25(22,23)14-7-2-1-3-8-14;/h1-3,7-8,10-11,13,15H,4-6,9,12,19H2,(H,20,21);1H. The van der Waals surface area contributed by atoms with E-state index in [1.807, 2.05) is 0 Å². The van der Waals surface area contributed by atoms with E-state index in [1.54, 1.807) is 36.4 Å². The lowest BCUT2D eigenvalue weighted by Crippen LogP contribution is -2.44. The van der Waals surface area contributed by atoms with Crippen LogP contribution in [0.4, 0.5) is 0 Å². The van der Waals surface area contributed by atoms with Gasteiger partial charge in [-0.3, -0.25) is 4.79 Å². The van der Waals surface area contributed by atoms with Crippen LogP contribution >= 0.6 is 23.7 Å². The Morgan fingerprint density at radius 2 is 1.81 bits per heavy atom. The lowest BCUT2D eigenvalue weighted by atomic mass is 9.84. The van der Waals surface area contributed by atoms with Crippen molar-refractivity contribution in [2.45, 2.75) is 40.8 Å². The Balaban J connectivity index is 0.00000243. The van der Waals surface area contributed by atoms with Gasteiger partial charge in [-0.2, -0.15) is 0 Å². The Hall–Kier alpha value is -1.41. The van der Waals surface area contributed by atoms with Crippen LogP contribution in [0.15, 0.2) is 51.6 Å². The number of thiophene rings is 1. The highest BCUT2D eigenvalue weighted by atomic mass is 35.5. The van der Waals surface area contributed by atoms with Gasteiger partial charge in [0.2, 0.25) is 9.84 Å². The van der Waals surface area contributed by atoms with Crippen molar-refractivity contribution in [3.8, 4) is 0 Å². The monoisotopic (exact) mass is 414 g/mol. The lowest BCUT2D eigenvalue weighted by molar-refractivity contribution is 0.0912. The number of carbonyl (C=O) groups is 1. The van der Waals surface area contributed by atoms with E-state index < -0.39 is 9.84 Å². The molecule has 26 heavy (non-hydrogen) atoms. The summed E-state index contributed by atoms with van der Waals surface area (Å²) in [6.07, 6.45) is 4.18. The highest BCUT2D eigenvalue weighted by Gasteiger charge is 2.27. The van der Waals surface area contributed by atoms with Gasteiger partial charge >= 0.3 is 0 Å². The number of rotatable bonds is 5. The van der Waals surface area contributed by atoms with Gasteiger partial charge in [0.25, 0.3) is 5.91 Å². The topological polar surface area (TPSA) is 89.3 Å². The van der Waals surface area contributed by atoms with E-state index in [1.165, 1.54) is 6.07 Å². The van der Waals surface area contributed by atoms with E-state index in [-0.39, 0.29) is 33.5 Å².